The van der Waals surface area contributed by atoms with Gasteiger partial charge in [-0.1, -0.05) is 12.5 Å². The van der Waals surface area contributed by atoms with Crippen LogP contribution in [0.3, 0.4) is 0 Å². The molecule has 2 aliphatic carbocycles. The maximum Gasteiger partial charge on any atom is 0.191 e. The lowest BCUT2D eigenvalue weighted by atomic mass is 9.46. The largest absolute Gasteiger partial charge is 0.497 e. The molecule has 148 valence electrons. The highest BCUT2D eigenvalue weighted by Crippen LogP contribution is 2.62. The predicted octanol–water partition coefficient (Wildman–Crippen LogP) is 2.59. The SMILES string of the molecule is CN=C(NCC(C)Oc1cccc(OC)c1)NC1C2CCOC2C12CCC2. The van der Waals surface area contributed by atoms with Crippen molar-refractivity contribution in [1.82, 2.24) is 10.6 Å². The first kappa shape index (κ1) is 18.4. The standard InChI is InChI=1S/C21H31N3O3/c1-14(27-16-7-4-6-15(12-16)25-3)13-23-20(22-2)24-18-17-8-11-26-19(17)21(18)9-5-10-21/h4,6-7,12,14,17-19H,5,8-11,13H2,1-3H3,(H2,22,23,24). The van der Waals surface area contributed by atoms with Crippen LogP contribution in [0.4, 0.5) is 0 Å². The van der Waals surface area contributed by atoms with Crippen LogP contribution in [-0.2, 0) is 4.74 Å². The third kappa shape index (κ3) is 3.35. The summed E-state index contributed by atoms with van der Waals surface area (Å²) in [6.45, 7) is 3.64. The third-order valence-corrected chi connectivity index (χ3v) is 6.49. The summed E-state index contributed by atoms with van der Waals surface area (Å²) >= 11 is 0. The molecule has 6 heteroatoms. The highest BCUT2D eigenvalue weighted by atomic mass is 16.5. The van der Waals surface area contributed by atoms with Crippen LogP contribution in [0.25, 0.3) is 0 Å². The minimum Gasteiger partial charge on any atom is -0.497 e. The van der Waals surface area contributed by atoms with Crippen molar-refractivity contribution in [1.29, 1.82) is 0 Å². The number of nitrogens with zero attached hydrogens (tertiary/aromatic N) is 1. The van der Waals surface area contributed by atoms with E-state index in [4.69, 9.17) is 14.2 Å². The van der Waals surface area contributed by atoms with E-state index in [9.17, 15) is 0 Å². The number of rotatable bonds is 6. The van der Waals surface area contributed by atoms with Crippen LogP contribution in [0.2, 0.25) is 0 Å². The van der Waals surface area contributed by atoms with E-state index in [1.807, 2.05) is 31.3 Å². The third-order valence-electron chi connectivity index (χ3n) is 6.49. The number of benzene rings is 1. The quantitative estimate of drug-likeness (QED) is 0.593. The second kappa shape index (κ2) is 7.58. The molecule has 1 aliphatic heterocycles. The first-order chi connectivity index (χ1) is 13.2. The van der Waals surface area contributed by atoms with Gasteiger partial charge < -0.3 is 24.8 Å². The lowest BCUT2D eigenvalue weighted by Crippen LogP contribution is -2.72. The molecule has 6 nitrogen and oxygen atoms in total. The minimum atomic E-state index is 0.0114. The lowest BCUT2D eigenvalue weighted by molar-refractivity contribution is -0.171. The van der Waals surface area contributed by atoms with Crippen molar-refractivity contribution in [3.05, 3.63) is 24.3 Å². The molecule has 1 aromatic carbocycles. The Bertz CT molecular complexity index is 689. The van der Waals surface area contributed by atoms with Crippen LogP contribution in [0, 0.1) is 11.3 Å². The minimum absolute atomic E-state index is 0.0114. The van der Waals surface area contributed by atoms with Crippen LogP contribution in [-0.4, -0.2) is 51.5 Å². The fraction of sp³-hybridized carbons (Fsp3) is 0.667. The van der Waals surface area contributed by atoms with E-state index in [1.165, 1.54) is 19.3 Å². The van der Waals surface area contributed by atoms with E-state index in [0.717, 1.165) is 30.5 Å². The molecule has 4 atom stereocenters. The summed E-state index contributed by atoms with van der Waals surface area (Å²) < 4.78 is 17.3. The molecular weight excluding hydrogens is 342 g/mol. The van der Waals surface area contributed by atoms with E-state index in [0.29, 0.717) is 30.0 Å². The Kier molecular flexibility index (Phi) is 5.17. The first-order valence-corrected chi connectivity index (χ1v) is 10.1. The summed E-state index contributed by atoms with van der Waals surface area (Å²) in [4.78, 5) is 4.43. The van der Waals surface area contributed by atoms with E-state index in [2.05, 4.69) is 22.5 Å². The molecule has 0 radical (unpaired) electrons. The van der Waals surface area contributed by atoms with Gasteiger partial charge in [0.2, 0.25) is 0 Å². The average molecular weight is 373 g/mol. The Morgan fingerprint density at radius 1 is 1.37 bits per heavy atom. The van der Waals surface area contributed by atoms with E-state index >= 15 is 0 Å². The molecule has 1 heterocycles. The summed E-state index contributed by atoms with van der Waals surface area (Å²) in [6, 6.07) is 8.18. The van der Waals surface area contributed by atoms with Gasteiger partial charge in [0.25, 0.3) is 0 Å². The van der Waals surface area contributed by atoms with Gasteiger partial charge in [-0.05, 0) is 38.3 Å². The van der Waals surface area contributed by atoms with Crippen LogP contribution < -0.4 is 20.1 Å². The number of hydrogen-bond donors (Lipinski definition) is 2. The Morgan fingerprint density at radius 2 is 2.19 bits per heavy atom. The Morgan fingerprint density at radius 3 is 2.89 bits per heavy atom. The monoisotopic (exact) mass is 373 g/mol. The zero-order chi connectivity index (χ0) is 18.9. The molecule has 0 amide bonds. The Hall–Kier alpha value is -1.95. The zero-order valence-electron chi connectivity index (χ0n) is 16.5. The molecule has 3 fully saturated rings. The van der Waals surface area contributed by atoms with Crippen molar-refractivity contribution in [2.24, 2.45) is 16.3 Å². The molecule has 2 N–H and O–H groups in total. The van der Waals surface area contributed by atoms with E-state index in [1.54, 1.807) is 7.11 Å². The molecule has 27 heavy (non-hydrogen) atoms. The van der Waals surface area contributed by atoms with Gasteiger partial charge >= 0.3 is 0 Å². The topological polar surface area (TPSA) is 64.1 Å². The van der Waals surface area contributed by atoms with Gasteiger partial charge in [0, 0.05) is 37.1 Å². The number of ether oxygens (including phenoxy) is 3. The smallest absolute Gasteiger partial charge is 0.191 e. The highest BCUT2D eigenvalue weighted by molar-refractivity contribution is 5.80. The molecule has 3 aliphatic rings. The molecular formula is C21H31N3O3. The van der Waals surface area contributed by atoms with Gasteiger partial charge in [0.05, 0.1) is 19.8 Å². The molecule has 1 spiro atoms. The van der Waals surface area contributed by atoms with Crippen molar-refractivity contribution in [3.8, 4) is 11.5 Å². The molecule has 0 aromatic heterocycles. The van der Waals surface area contributed by atoms with Gasteiger partial charge in [-0.2, -0.15) is 0 Å². The normalized spacial score (nSPS) is 29.3. The number of methoxy groups -OCH3 is 1. The summed E-state index contributed by atoms with van der Waals surface area (Å²) in [5.41, 5.74) is 0.349. The second-order valence-electron chi connectivity index (χ2n) is 8.01. The molecule has 0 bridgehead atoms. The Balaban J connectivity index is 1.29. The van der Waals surface area contributed by atoms with Gasteiger partial charge in [-0.3, -0.25) is 4.99 Å². The van der Waals surface area contributed by atoms with E-state index < -0.39 is 0 Å². The maximum atomic E-state index is 6.01. The van der Waals surface area contributed by atoms with Gasteiger partial charge in [-0.25, -0.2) is 0 Å². The Labute approximate surface area is 161 Å². The summed E-state index contributed by atoms with van der Waals surface area (Å²) in [6.07, 6.45) is 5.52. The van der Waals surface area contributed by atoms with Crippen LogP contribution in [0.1, 0.15) is 32.6 Å². The summed E-state index contributed by atoms with van der Waals surface area (Å²) in [5.74, 6) is 3.10. The molecule has 1 saturated heterocycles. The van der Waals surface area contributed by atoms with Crippen molar-refractivity contribution >= 4 is 5.96 Å². The first-order valence-electron chi connectivity index (χ1n) is 10.1. The molecule has 4 rings (SSSR count). The van der Waals surface area contributed by atoms with Crippen LogP contribution in [0.5, 0.6) is 11.5 Å². The van der Waals surface area contributed by atoms with E-state index in [-0.39, 0.29) is 6.10 Å². The van der Waals surface area contributed by atoms with Crippen molar-refractivity contribution in [3.63, 3.8) is 0 Å². The summed E-state index contributed by atoms with van der Waals surface area (Å²) in [5, 5.41) is 7.11. The zero-order valence-corrected chi connectivity index (χ0v) is 16.5. The van der Waals surface area contributed by atoms with Gasteiger partial charge in [-0.15, -0.1) is 0 Å². The lowest BCUT2D eigenvalue weighted by Gasteiger charge is -2.63. The fourth-order valence-corrected chi connectivity index (χ4v) is 4.99. The fourth-order valence-electron chi connectivity index (χ4n) is 4.99. The molecule has 1 aromatic rings. The number of guanidine groups is 1. The molecule has 2 saturated carbocycles. The van der Waals surface area contributed by atoms with Crippen LogP contribution in [0.15, 0.2) is 29.3 Å². The van der Waals surface area contributed by atoms with Crippen molar-refractivity contribution < 1.29 is 14.2 Å². The predicted molar refractivity (Wildman–Crippen MR) is 106 cm³/mol. The number of hydrogen-bond acceptors (Lipinski definition) is 4. The number of nitrogens with one attached hydrogen (secondary N) is 2. The van der Waals surface area contributed by atoms with Crippen molar-refractivity contribution in [2.75, 3.05) is 27.3 Å². The summed E-state index contributed by atoms with van der Waals surface area (Å²) in [7, 11) is 3.49. The average Bonchev–Trinajstić information content (AvgIpc) is 3.05. The number of aliphatic imine (C=N–C) groups is 1. The van der Waals surface area contributed by atoms with Gasteiger partial charge in [0.15, 0.2) is 5.96 Å². The number of fused-ring (bicyclic) bond motifs is 2. The molecule has 4 unspecified atom stereocenters. The van der Waals surface area contributed by atoms with Crippen LogP contribution >= 0.6 is 0 Å². The highest BCUT2D eigenvalue weighted by Gasteiger charge is 2.66. The van der Waals surface area contributed by atoms with Crippen molar-refractivity contribution in [2.45, 2.75) is 50.9 Å². The second-order valence-corrected chi connectivity index (χ2v) is 8.01. The van der Waals surface area contributed by atoms with Gasteiger partial charge in [0.1, 0.15) is 17.6 Å². The maximum absolute atomic E-state index is 6.01.